The minimum Gasteiger partial charge on any atom is -0.362 e. The smallest absolute Gasteiger partial charge is 0.362 e. The molecule has 0 aliphatic carbocycles. The number of nitrogens with zero attached hydrogens (tertiary/aromatic N) is 5. The molecule has 2 rings (SSSR count). The minimum atomic E-state index is -0.696. The average Bonchev–Trinajstić information content (AvgIpc) is 2.99. The number of aromatic nitrogens is 4. The molecule has 118 valence electrons. The Morgan fingerprint density at radius 2 is 2.32 bits per heavy atom. The Morgan fingerprint density at radius 3 is 2.91 bits per heavy atom. The highest BCUT2D eigenvalue weighted by Crippen LogP contribution is 2.26. The van der Waals surface area contributed by atoms with E-state index in [1.165, 1.54) is 22.7 Å². The molecular formula is C11H13ClN6O4. The molecule has 1 N–H and O–H groups in total. The van der Waals surface area contributed by atoms with E-state index in [1.54, 1.807) is 13.1 Å². The van der Waals surface area contributed by atoms with Crippen molar-refractivity contribution in [1.82, 2.24) is 19.6 Å². The molecule has 2 heterocycles. The van der Waals surface area contributed by atoms with Crippen LogP contribution in [0.1, 0.15) is 5.69 Å². The average molecular weight is 329 g/mol. The van der Waals surface area contributed by atoms with Crippen molar-refractivity contribution in [2.45, 2.75) is 20.2 Å². The Labute approximate surface area is 129 Å². The maximum Gasteiger partial charge on any atom is 0.408 e. The number of rotatable bonds is 6. The second-order valence-corrected chi connectivity index (χ2v) is 4.75. The van der Waals surface area contributed by atoms with Gasteiger partial charge in [-0.3, -0.25) is 4.79 Å². The lowest BCUT2D eigenvalue weighted by Gasteiger charge is -2.01. The zero-order chi connectivity index (χ0) is 16.3. The Kier molecular flexibility index (Phi) is 4.73. The molecule has 0 spiro atoms. The van der Waals surface area contributed by atoms with Gasteiger partial charge in [0, 0.05) is 7.11 Å². The SMILES string of the molecule is COCn1cc(NC(=O)Cn2nc([N+](=O)[O-])c(Cl)c2C)cn1. The van der Waals surface area contributed by atoms with Crippen LogP contribution in [0.25, 0.3) is 0 Å². The van der Waals surface area contributed by atoms with E-state index >= 15 is 0 Å². The molecular weight excluding hydrogens is 316 g/mol. The second-order valence-electron chi connectivity index (χ2n) is 4.37. The molecule has 0 aromatic carbocycles. The van der Waals surface area contributed by atoms with Crippen LogP contribution in [-0.4, -0.2) is 37.5 Å². The van der Waals surface area contributed by atoms with E-state index in [4.69, 9.17) is 16.3 Å². The summed E-state index contributed by atoms with van der Waals surface area (Å²) in [5.41, 5.74) is 0.825. The van der Waals surface area contributed by atoms with E-state index < -0.39 is 16.6 Å². The van der Waals surface area contributed by atoms with Crippen molar-refractivity contribution in [3.63, 3.8) is 0 Å². The summed E-state index contributed by atoms with van der Waals surface area (Å²) in [6.45, 7) is 1.61. The maximum atomic E-state index is 11.9. The van der Waals surface area contributed by atoms with Crippen molar-refractivity contribution in [2.75, 3.05) is 12.4 Å². The van der Waals surface area contributed by atoms with E-state index in [9.17, 15) is 14.9 Å². The van der Waals surface area contributed by atoms with Crippen LogP contribution in [0.15, 0.2) is 12.4 Å². The third-order valence-corrected chi connectivity index (χ3v) is 3.20. The normalized spacial score (nSPS) is 10.7. The predicted molar refractivity (Wildman–Crippen MR) is 76.5 cm³/mol. The molecule has 0 radical (unpaired) electrons. The van der Waals surface area contributed by atoms with Crippen LogP contribution in [0.5, 0.6) is 0 Å². The predicted octanol–water partition coefficient (Wildman–Crippen LogP) is 1.19. The van der Waals surface area contributed by atoms with Gasteiger partial charge >= 0.3 is 5.82 Å². The topological polar surface area (TPSA) is 117 Å². The van der Waals surface area contributed by atoms with Crippen molar-refractivity contribution in [1.29, 1.82) is 0 Å². The van der Waals surface area contributed by atoms with Gasteiger partial charge in [-0.15, -0.1) is 0 Å². The fraction of sp³-hybridized carbons (Fsp3) is 0.364. The molecule has 0 aliphatic heterocycles. The molecule has 0 atom stereocenters. The largest absolute Gasteiger partial charge is 0.408 e. The number of nitro groups is 1. The summed E-state index contributed by atoms with van der Waals surface area (Å²) in [6.07, 6.45) is 3.05. The molecule has 22 heavy (non-hydrogen) atoms. The quantitative estimate of drug-likeness (QED) is 0.628. The van der Waals surface area contributed by atoms with Crippen LogP contribution in [0.3, 0.4) is 0 Å². The summed E-state index contributed by atoms with van der Waals surface area (Å²) in [4.78, 5) is 22.0. The molecule has 0 saturated carbocycles. The van der Waals surface area contributed by atoms with Crippen molar-refractivity contribution in [3.05, 3.63) is 33.2 Å². The molecule has 10 nitrogen and oxygen atoms in total. The van der Waals surface area contributed by atoms with Gasteiger partial charge in [-0.1, -0.05) is 11.6 Å². The Balaban J connectivity index is 2.05. The number of ether oxygens (including phenoxy) is 1. The van der Waals surface area contributed by atoms with Gasteiger partial charge in [0.1, 0.15) is 13.3 Å². The Hall–Kier alpha value is -2.46. The van der Waals surface area contributed by atoms with Crippen molar-refractivity contribution in [3.8, 4) is 0 Å². The number of nitrogens with one attached hydrogen (secondary N) is 1. The molecule has 0 saturated heterocycles. The summed E-state index contributed by atoms with van der Waals surface area (Å²) in [5, 5.41) is 21.0. The van der Waals surface area contributed by atoms with Crippen LogP contribution < -0.4 is 5.32 Å². The Morgan fingerprint density at radius 1 is 1.59 bits per heavy atom. The van der Waals surface area contributed by atoms with Gasteiger partial charge in [0.05, 0.1) is 28.9 Å². The third kappa shape index (κ3) is 3.40. The van der Waals surface area contributed by atoms with Gasteiger partial charge in [0.15, 0.2) is 5.02 Å². The number of halogens is 1. The first-order valence-corrected chi connectivity index (χ1v) is 6.48. The van der Waals surface area contributed by atoms with E-state index in [0.29, 0.717) is 11.4 Å². The lowest BCUT2D eigenvalue weighted by Crippen LogP contribution is -2.20. The molecule has 2 aromatic heterocycles. The maximum absolute atomic E-state index is 11.9. The zero-order valence-corrected chi connectivity index (χ0v) is 12.6. The highest BCUT2D eigenvalue weighted by atomic mass is 35.5. The summed E-state index contributed by atoms with van der Waals surface area (Å²) < 4.78 is 7.56. The summed E-state index contributed by atoms with van der Waals surface area (Å²) >= 11 is 5.81. The van der Waals surface area contributed by atoms with E-state index in [0.717, 1.165) is 0 Å². The second kappa shape index (κ2) is 6.54. The number of carbonyl (C=O) groups excluding carboxylic acids is 1. The molecule has 0 bridgehead atoms. The van der Waals surface area contributed by atoms with Gasteiger partial charge < -0.3 is 20.2 Å². The monoisotopic (exact) mass is 328 g/mol. The van der Waals surface area contributed by atoms with Crippen molar-refractivity contribution >= 4 is 29.0 Å². The number of anilines is 1. The molecule has 2 aromatic rings. The number of hydrogen-bond donors (Lipinski definition) is 1. The molecule has 0 aliphatic rings. The van der Waals surface area contributed by atoms with Crippen molar-refractivity contribution in [2.24, 2.45) is 0 Å². The number of carbonyl (C=O) groups is 1. The zero-order valence-electron chi connectivity index (χ0n) is 11.8. The van der Waals surface area contributed by atoms with Crippen LogP contribution in [0.2, 0.25) is 5.02 Å². The lowest BCUT2D eigenvalue weighted by molar-refractivity contribution is -0.389. The van der Waals surface area contributed by atoms with E-state index in [2.05, 4.69) is 15.5 Å². The van der Waals surface area contributed by atoms with Crippen LogP contribution in [0.4, 0.5) is 11.5 Å². The minimum absolute atomic E-state index is 0.0780. The molecule has 0 fully saturated rings. The van der Waals surface area contributed by atoms with Crippen molar-refractivity contribution < 1.29 is 14.5 Å². The van der Waals surface area contributed by atoms with Gasteiger partial charge in [0.25, 0.3) is 0 Å². The van der Waals surface area contributed by atoms with E-state index in [-0.39, 0.29) is 18.3 Å². The van der Waals surface area contributed by atoms with Crippen LogP contribution in [0, 0.1) is 17.0 Å². The molecule has 1 amide bonds. The fourth-order valence-corrected chi connectivity index (χ4v) is 1.95. The van der Waals surface area contributed by atoms with Gasteiger partial charge in [-0.25, -0.2) is 4.68 Å². The Bertz CT molecular complexity index is 710. The highest BCUT2D eigenvalue weighted by molar-refractivity contribution is 6.33. The molecule has 0 unspecified atom stereocenters. The highest BCUT2D eigenvalue weighted by Gasteiger charge is 2.25. The van der Waals surface area contributed by atoms with Crippen LogP contribution in [-0.2, 0) is 22.8 Å². The first-order chi connectivity index (χ1) is 10.4. The lowest BCUT2D eigenvalue weighted by atomic mass is 10.4. The third-order valence-electron chi connectivity index (χ3n) is 2.76. The van der Waals surface area contributed by atoms with Gasteiger partial charge in [-0.05, 0) is 11.8 Å². The van der Waals surface area contributed by atoms with E-state index in [1.807, 2.05) is 0 Å². The first-order valence-electron chi connectivity index (χ1n) is 6.11. The summed E-state index contributed by atoms with van der Waals surface area (Å²) in [7, 11) is 1.52. The fourth-order valence-electron chi connectivity index (χ4n) is 1.75. The van der Waals surface area contributed by atoms with Gasteiger partial charge in [0.2, 0.25) is 5.91 Å². The van der Waals surface area contributed by atoms with Gasteiger partial charge in [-0.2, -0.15) is 9.78 Å². The van der Waals surface area contributed by atoms with Crippen LogP contribution >= 0.6 is 11.6 Å². The summed E-state index contributed by atoms with van der Waals surface area (Å²) in [6, 6.07) is 0. The number of hydrogen-bond acceptors (Lipinski definition) is 6. The standard InChI is InChI=1S/C11H13ClN6O4/c1-7-10(12)11(18(20)21)15-17(7)5-9(19)14-8-3-13-16(4-8)6-22-2/h3-4H,5-6H2,1-2H3,(H,14,19). The number of methoxy groups -OCH3 is 1. The molecule has 11 heteroatoms. The number of amides is 1. The summed E-state index contributed by atoms with van der Waals surface area (Å²) in [5.74, 6) is -0.881. The first kappa shape index (κ1) is 15.9.